The van der Waals surface area contributed by atoms with E-state index in [1.54, 1.807) is 0 Å². The van der Waals surface area contributed by atoms with Gasteiger partial charge in [0.25, 0.3) is 0 Å². The number of hydrogen-bond donors (Lipinski definition) is 2. The average molecular weight is 307 g/mol. The van der Waals surface area contributed by atoms with Crippen LogP contribution in [-0.4, -0.2) is 24.4 Å². The van der Waals surface area contributed by atoms with Gasteiger partial charge in [0.15, 0.2) is 0 Å². The van der Waals surface area contributed by atoms with Gasteiger partial charge in [-0.3, -0.25) is 0 Å². The van der Waals surface area contributed by atoms with E-state index in [0.717, 1.165) is 18.4 Å². The molecule has 2 atom stereocenters. The largest absolute Gasteiger partial charge is 0.393 e. The van der Waals surface area contributed by atoms with E-state index >= 15 is 0 Å². The molecule has 0 heterocycles. The predicted molar refractivity (Wildman–Crippen MR) is 93.0 cm³/mol. The normalized spacial score (nSPS) is 15.8. The summed E-state index contributed by atoms with van der Waals surface area (Å²) in [5, 5.41) is 20.5. The van der Waals surface area contributed by atoms with Crippen molar-refractivity contribution in [3.8, 4) is 0 Å². The highest BCUT2D eigenvalue weighted by atomic mass is 28.3. The van der Waals surface area contributed by atoms with Gasteiger partial charge in [0.05, 0.1) is 20.3 Å². The van der Waals surface area contributed by atoms with Gasteiger partial charge in [0.1, 0.15) is 0 Å². The Balaban J connectivity index is 2.80. The molecule has 0 amide bonds. The van der Waals surface area contributed by atoms with Gasteiger partial charge in [-0.05, 0) is 24.8 Å². The Kier molecular flexibility index (Phi) is 7.36. The van der Waals surface area contributed by atoms with E-state index in [-0.39, 0.29) is 6.10 Å². The lowest BCUT2D eigenvalue weighted by molar-refractivity contribution is 0.150. The minimum atomic E-state index is -1.36. The van der Waals surface area contributed by atoms with Gasteiger partial charge in [-0.2, -0.15) is 0 Å². The second-order valence-electron chi connectivity index (χ2n) is 6.95. The summed E-state index contributed by atoms with van der Waals surface area (Å²) < 4.78 is 0. The average Bonchev–Trinajstić information content (AvgIpc) is 2.37. The highest BCUT2D eigenvalue weighted by Gasteiger charge is 2.17. The summed E-state index contributed by atoms with van der Waals surface area (Å²) in [6.45, 7) is 8.94. The molecule has 118 valence electrons. The van der Waals surface area contributed by atoms with Crippen molar-refractivity contribution in [2.45, 2.75) is 64.5 Å². The van der Waals surface area contributed by atoms with E-state index in [1.165, 1.54) is 5.57 Å². The Morgan fingerprint density at radius 1 is 1.10 bits per heavy atom. The zero-order valence-electron chi connectivity index (χ0n) is 13.8. The molecule has 0 spiro atoms. The van der Waals surface area contributed by atoms with Crippen molar-refractivity contribution >= 4 is 8.07 Å². The van der Waals surface area contributed by atoms with Crippen LogP contribution < -0.4 is 0 Å². The summed E-state index contributed by atoms with van der Waals surface area (Å²) in [5.74, 6) is 0. The van der Waals surface area contributed by atoms with Crippen molar-refractivity contribution in [1.29, 1.82) is 0 Å². The lowest BCUT2D eigenvalue weighted by atomic mass is 9.97. The van der Waals surface area contributed by atoms with Crippen molar-refractivity contribution in [1.82, 2.24) is 0 Å². The van der Waals surface area contributed by atoms with Crippen LogP contribution in [0, 0.1) is 0 Å². The SMILES string of the molecule is CCCC(O)C/C(=C\[Si](C)(C)C)CC(O)c1ccccc1. The van der Waals surface area contributed by atoms with E-state index in [1.807, 2.05) is 30.3 Å². The Morgan fingerprint density at radius 2 is 1.71 bits per heavy atom. The maximum Gasteiger partial charge on any atom is 0.0827 e. The first kappa shape index (κ1) is 18.1. The van der Waals surface area contributed by atoms with Crippen LogP contribution in [0.3, 0.4) is 0 Å². The van der Waals surface area contributed by atoms with Gasteiger partial charge in [-0.1, -0.05) is 74.6 Å². The smallest absolute Gasteiger partial charge is 0.0827 e. The summed E-state index contributed by atoms with van der Waals surface area (Å²) in [5.41, 5.74) is 4.48. The van der Waals surface area contributed by atoms with Crippen LogP contribution >= 0.6 is 0 Å². The summed E-state index contributed by atoms with van der Waals surface area (Å²) >= 11 is 0. The lowest BCUT2D eigenvalue weighted by Gasteiger charge is -2.20. The van der Waals surface area contributed by atoms with Crippen molar-refractivity contribution in [2.24, 2.45) is 0 Å². The van der Waals surface area contributed by atoms with Crippen molar-refractivity contribution in [2.75, 3.05) is 0 Å². The zero-order valence-corrected chi connectivity index (χ0v) is 14.8. The molecule has 2 N–H and O–H groups in total. The number of benzene rings is 1. The molecule has 1 aromatic carbocycles. The van der Waals surface area contributed by atoms with Crippen LogP contribution in [0.1, 0.15) is 44.3 Å². The van der Waals surface area contributed by atoms with Crippen LogP contribution in [-0.2, 0) is 0 Å². The first-order chi connectivity index (χ1) is 9.81. The van der Waals surface area contributed by atoms with Gasteiger partial charge >= 0.3 is 0 Å². The molecule has 0 aliphatic heterocycles. The Morgan fingerprint density at radius 3 is 2.24 bits per heavy atom. The molecule has 1 aromatic rings. The fourth-order valence-electron chi connectivity index (χ4n) is 2.59. The Labute approximate surface area is 130 Å². The van der Waals surface area contributed by atoms with Gasteiger partial charge < -0.3 is 10.2 Å². The van der Waals surface area contributed by atoms with Gasteiger partial charge in [0.2, 0.25) is 0 Å². The summed E-state index contributed by atoms with van der Waals surface area (Å²) in [7, 11) is -1.36. The quantitative estimate of drug-likeness (QED) is 0.696. The molecule has 0 saturated heterocycles. The minimum absolute atomic E-state index is 0.291. The van der Waals surface area contributed by atoms with Crippen molar-refractivity contribution < 1.29 is 10.2 Å². The van der Waals surface area contributed by atoms with Crippen LogP contribution in [0.15, 0.2) is 41.6 Å². The third kappa shape index (κ3) is 7.60. The standard InChI is InChI=1S/C18H30O2Si/c1-5-9-17(19)12-15(14-21(2,3)4)13-18(20)16-10-7-6-8-11-16/h6-8,10-11,14,17-20H,5,9,12-13H2,1-4H3/b15-14+. The molecule has 0 radical (unpaired) electrons. The minimum Gasteiger partial charge on any atom is -0.393 e. The topological polar surface area (TPSA) is 40.5 Å². The van der Waals surface area contributed by atoms with Crippen molar-refractivity contribution in [3.63, 3.8) is 0 Å². The first-order valence-electron chi connectivity index (χ1n) is 7.93. The third-order valence-corrected chi connectivity index (χ3v) is 4.67. The fourth-order valence-corrected chi connectivity index (χ4v) is 4.05. The van der Waals surface area contributed by atoms with Crippen molar-refractivity contribution in [3.05, 3.63) is 47.2 Å². The molecular weight excluding hydrogens is 276 g/mol. The van der Waals surface area contributed by atoms with E-state index in [0.29, 0.717) is 12.8 Å². The van der Waals surface area contributed by atoms with Crippen LogP contribution in [0.5, 0.6) is 0 Å². The van der Waals surface area contributed by atoms with E-state index < -0.39 is 14.2 Å². The summed E-state index contributed by atoms with van der Waals surface area (Å²) in [6.07, 6.45) is 2.34. The highest BCUT2D eigenvalue weighted by Crippen LogP contribution is 2.26. The maximum atomic E-state index is 10.4. The van der Waals surface area contributed by atoms with E-state index in [4.69, 9.17) is 0 Å². The molecule has 0 saturated carbocycles. The van der Waals surface area contributed by atoms with Gasteiger partial charge in [-0.15, -0.1) is 0 Å². The second kappa shape index (κ2) is 8.52. The molecule has 2 nitrogen and oxygen atoms in total. The molecule has 0 aliphatic rings. The molecule has 0 aliphatic carbocycles. The zero-order chi connectivity index (χ0) is 15.9. The summed E-state index contributed by atoms with van der Waals surface area (Å²) in [4.78, 5) is 0. The summed E-state index contributed by atoms with van der Waals surface area (Å²) in [6, 6.07) is 9.78. The molecular formula is C18H30O2Si. The molecule has 3 heteroatoms. The number of aliphatic hydroxyl groups excluding tert-OH is 2. The molecule has 0 aromatic heterocycles. The number of rotatable bonds is 8. The molecule has 0 bridgehead atoms. The number of aliphatic hydroxyl groups is 2. The Bertz CT molecular complexity index is 434. The third-order valence-electron chi connectivity index (χ3n) is 3.40. The lowest BCUT2D eigenvalue weighted by Crippen LogP contribution is -2.19. The van der Waals surface area contributed by atoms with Crippen LogP contribution in [0.25, 0.3) is 0 Å². The maximum absolute atomic E-state index is 10.4. The molecule has 2 unspecified atom stereocenters. The van der Waals surface area contributed by atoms with Crippen LogP contribution in [0.2, 0.25) is 19.6 Å². The van der Waals surface area contributed by atoms with E-state index in [9.17, 15) is 10.2 Å². The van der Waals surface area contributed by atoms with E-state index in [2.05, 4.69) is 32.3 Å². The highest BCUT2D eigenvalue weighted by molar-refractivity contribution is 6.81. The Hall–Kier alpha value is -0.903. The number of hydrogen-bond acceptors (Lipinski definition) is 2. The van der Waals surface area contributed by atoms with Gasteiger partial charge in [-0.25, -0.2) is 0 Å². The predicted octanol–water partition coefficient (Wildman–Crippen LogP) is 4.47. The monoisotopic (exact) mass is 306 g/mol. The molecule has 1 rings (SSSR count). The first-order valence-corrected chi connectivity index (χ1v) is 11.5. The molecule has 0 fully saturated rings. The van der Waals surface area contributed by atoms with Gasteiger partial charge in [0, 0.05) is 0 Å². The fraction of sp³-hybridized carbons (Fsp3) is 0.556. The van der Waals surface area contributed by atoms with Crippen LogP contribution in [0.4, 0.5) is 0 Å². The second-order valence-corrected chi connectivity index (χ2v) is 12.0. The molecule has 21 heavy (non-hydrogen) atoms.